The molecular formula is C16H18ClN3O. The van der Waals surface area contributed by atoms with Crippen molar-refractivity contribution in [1.82, 2.24) is 14.5 Å². The van der Waals surface area contributed by atoms with E-state index >= 15 is 0 Å². The summed E-state index contributed by atoms with van der Waals surface area (Å²) in [4.78, 5) is 18.3. The van der Waals surface area contributed by atoms with Gasteiger partial charge in [-0.15, -0.1) is 0 Å². The fourth-order valence-corrected chi connectivity index (χ4v) is 2.97. The summed E-state index contributed by atoms with van der Waals surface area (Å²) in [6.45, 7) is 2.00. The molecule has 0 unspecified atom stereocenters. The molecular weight excluding hydrogens is 286 g/mol. The predicted molar refractivity (Wildman–Crippen MR) is 82.2 cm³/mol. The first-order valence-corrected chi connectivity index (χ1v) is 7.59. The van der Waals surface area contributed by atoms with Crippen molar-refractivity contribution in [2.45, 2.75) is 25.3 Å². The van der Waals surface area contributed by atoms with Crippen molar-refractivity contribution in [3.63, 3.8) is 0 Å². The molecule has 1 amide bonds. The summed E-state index contributed by atoms with van der Waals surface area (Å²) < 4.78 is 1.81. The first kappa shape index (κ1) is 14.1. The minimum Gasteiger partial charge on any atom is -0.341 e. The fraction of sp³-hybridized carbons (Fsp3) is 0.375. The lowest BCUT2D eigenvalue weighted by Gasteiger charge is -2.33. The van der Waals surface area contributed by atoms with Crippen LogP contribution in [0.1, 0.15) is 24.3 Å². The summed E-state index contributed by atoms with van der Waals surface area (Å²) in [6, 6.07) is 7.97. The van der Waals surface area contributed by atoms with Crippen LogP contribution in [0.25, 0.3) is 0 Å². The number of halogens is 1. The highest BCUT2D eigenvalue weighted by Gasteiger charge is 2.24. The van der Waals surface area contributed by atoms with E-state index in [1.54, 1.807) is 12.5 Å². The zero-order valence-electron chi connectivity index (χ0n) is 11.8. The van der Waals surface area contributed by atoms with Crippen LogP contribution >= 0.6 is 11.6 Å². The van der Waals surface area contributed by atoms with Crippen LogP contribution < -0.4 is 0 Å². The van der Waals surface area contributed by atoms with Crippen LogP contribution in [0.15, 0.2) is 43.0 Å². The molecule has 1 atom stereocenters. The van der Waals surface area contributed by atoms with Gasteiger partial charge < -0.3 is 9.47 Å². The summed E-state index contributed by atoms with van der Waals surface area (Å²) in [6.07, 6.45) is 7.36. The van der Waals surface area contributed by atoms with Crippen LogP contribution in [0.2, 0.25) is 5.02 Å². The quantitative estimate of drug-likeness (QED) is 0.874. The van der Waals surface area contributed by atoms with E-state index in [0.29, 0.717) is 12.5 Å². The van der Waals surface area contributed by atoms with Gasteiger partial charge in [0.1, 0.15) is 6.54 Å². The third-order valence-corrected chi connectivity index (χ3v) is 4.24. The fourth-order valence-electron chi connectivity index (χ4n) is 2.85. The maximum absolute atomic E-state index is 12.4. The zero-order valence-corrected chi connectivity index (χ0v) is 12.5. The van der Waals surface area contributed by atoms with Gasteiger partial charge in [-0.25, -0.2) is 4.98 Å². The normalized spacial score (nSPS) is 18.7. The van der Waals surface area contributed by atoms with Crippen LogP contribution in [0.3, 0.4) is 0 Å². The van der Waals surface area contributed by atoms with Gasteiger partial charge in [0.05, 0.1) is 6.33 Å². The van der Waals surface area contributed by atoms with E-state index in [-0.39, 0.29) is 5.91 Å². The van der Waals surface area contributed by atoms with Crippen molar-refractivity contribution in [3.05, 3.63) is 53.6 Å². The van der Waals surface area contributed by atoms with Gasteiger partial charge >= 0.3 is 0 Å². The molecule has 21 heavy (non-hydrogen) atoms. The highest BCUT2D eigenvalue weighted by Crippen LogP contribution is 2.27. The van der Waals surface area contributed by atoms with Gasteiger partial charge in [0.15, 0.2) is 0 Å². The highest BCUT2D eigenvalue weighted by molar-refractivity contribution is 6.30. The Bertz CT molecular complexity index is 594. The average Bonchev–Trinajstić information content (AvgIpc) is 3.01. The van der Waals surface area contributed by atoms with Crippen LogP contribution in [-0.4, -0.2) is 33.4 Å². The van der Waals surface area contributed by atoms with Crippen molar-refractivity contribution >= 4 is 17.5 Å². The second-order valence-corrected chi connectivity index (χ2v) is 5.90. The molecule has 0 bridgehead atoms. The molecule has 1 saturated heterocycles. The molecule has 1 aromatic carbocycles. The van der Waals surface area contributed by atoms with E-state index in [1.165, 1.54) is 5.56 Å². The maximum Gasteiger partial charge on any atom is 0.242 e. The molecule has 1 aliphatic heterocycles. The van der Waals surface area contributed by atoms with Gasteiger partial charge in [-0.05, 0) is 30.5 Å². The number of piperidine rings is 1. The zero-order chi connectivity index (χ0) is 14.7. The largest absolute Gasteiger partial charge is 0.341 e. The van der Waals surface area contributed by atoms with E-state index in [9.17, 15) is 4.79 Å². The molecule has 0 N–H and O–H groups in total. The molecule has 4 nitrogen and oxygen atoms in total. The Morgan fingerprint density at radius 3 is 2.86 bits per heavy atom. The molecule has 2 heterocycles. The van der Waals surface area contributed by atoms with E-state index in [1.807, 2.05) is 27.8 Å². The van der Waals surface area contributed by atoms with Gasteiger partial charge in [-0.1, -0.05) is 23.7 Å². The van der Waals surface area contributed by atoms with E-state index in [2.05, 4.69) is 17.1 Å². The molecule has 0 aliphatic carbocycles. The number of nitrogens with zero attached hydrogens (tertiary/aromatic N) is 3. The van der Waals surface area contributed by atoms with E-state index in [0.717, 1.165) is 31.0 Å². The Balaban J connectivity index is 1.65. The molecule has 0 radical (unpaired) electrons. The molecule has 5 heteroatoms. The Kier molecular flexibility index (Phi) is 4.25. The number of imidazole rings is 1. The SMILES string of the molecule is O=C(Cn1ccnc1)N1CCC[C@H](c2ccc(Cl)cc2)C1. The third kappa shape index (κ3) is 3.45. The first-order valence-electron chi connectivity index (χ1n) is 7.21. The number of carbonyl (C=O) groups excluding carboxylic acids is 1. The minimum atomic E-state index is 0.159. The van der Waals surface area contributed by atoms with Gasteiger partial charge in [0, 0.05) is 36.4 Å². The molecule has 1 aliphatic rings. The van der Waals surface area contributed by atoms with Crippen molar-refractivity contribution in [2.24, 2.45) is 0 Å². The van der Waals surface area contributed by atoms with Crippen LogP contribution in [-0.2, 0) is 11.3 Å². The van der Waals surface area contributed by atoms with Crippen LogP contribution in [0.5, 0.6) is 0 Å². The maximum atomic E-state index is 12.4. The number of amides is 1. The van der Waals surface area contributed by atoms with Crippen molar-refractivity contribution in [1.29, 1.82) is 0 Å². The topological polar surface area (TPSA) is 38.1 Å². The molecule has 1 fully saturated rings. The number of hydrogen-bond donors (Lipinski definition) is 0. The van der Waals surface area contributed by atoms with E-state index < -0.39 is 0 Å². The number of hydrogen-bond acceptors (Lipinski definition) is 2. The van der Waals surface area contributed by atoms with Gasteiger partial charge in [0.25, 0.3) is 0 Å². The van der Waals surface area contributed by atoms with Crippen molar-refractivity contribution in [3.8, 4) is 0 Å². The summed E-state index contributed by atoms with van der Waals surface area (Å²) in [5, 5.41) is 0.752. The molecule has 110 valence electrons. The minimum absolute atomic E-state index is 0.159. The second-order valence-electron chi connectivity index (χ2n) is 5.47. The summed E-state index contributed by atoms with van der Waals surface area (Å²) in [7, 11) is 0. The summed E-state index contributed by atoms with van der Waals surface area (Å²) in [5.74, 6) is 0.564. The number of aromatic nitrogens is 2. The third-order valence-electron chi connectivity index (χ3n) is 3.99. The summed E-state index contributed by atoms with van der Waals surface area (Å²) in [5.41, 5.74) is 1.26. The van der Waals surface area contributed by atoms with Crippen LogP contribution in [0, 0.1) is 0 Å². The van der Waals surface area contributed by atoms with E-state index in [4.69, 9.17) is 11.6 Å². The van der Waals surface area contributed by atoms with Crippen molar-refractivity contribution in [2.75, 3.05) is 13.1 Å². The van der Waals surface area contributed by atoms with Gasteiger partial charge in [-0.3, -0.25) is 4.79 Å². The summed E-state index contributed by atoms with van der Waals surface area (Å²) >= 11 is 5.94. The highest BCUT2D eigenvalue weighted by atomic mass is 35.5. The molecule has 0 saturated carbocycles. The lowest BCUT2D eigenvalue weighted by Crippen LogP contribution is -2.40. The monoisotopic (exact) mass is 303 g/mol. The Hall–Kier alpha value is -1.81. The lowest BCUT2D eigenvalue weighted by atomic mass is 9.90. The second kappa shape index (κ2) is 6.31. The molecule has 2 aromatic rings. The Morgan fingerprint density at radius 2 is 2.14 bits per heavy atom. The Morgan fingerprint density at radius 1 is 1.33 bits per heavy atom. The standard InChI is InChI=1S/C16H18ClN3O/c17-15-5-3-13(4-6-15)14-2-1-8-20(10-14)16(21)11-19-9-7-18-12-19/h3-7,9,12,14H,1-2,8,10-11H2/t14-/m0/s1. The number of carbonyl (C=O) groups is 1. The molecule has 0 spiro atoms. The first-order chi connectivity index (χ1) is 10.2. The average molecular weight is 304 g/mol. The lowest BCUT2D eigenvalue weighted by molar-refractivity contribution is -0.133. The molecule has 1 aromatic heterocycles. The number of benzene rings is 1. The number of rotatable bonds is 3. The van der Waals surface area contributed by atoms with Gasteiger partial charge in [0.2, 0.25) is 5.91 Å². The smallest absolute Gasteiger partial charge is 0.242 e. The van der Waals surface area contributed by atoms with Gasteiger partial charge in [-0.2, -0.15) is 0 Å². The molecule has 3 rings (SSSR count). The van der Waals surface area contributed by atoms with Crippen LogP contribution in [0.4, 0.5) is 0 Å². The Labute approximate surface area is 129 Å². The van der Waals surface area contributed by atoms with Crippen molar-refractivity contribution < 1.29 is 4.79 Å². The predicted octanol–water partition coefficient (Wildman–Crippen LogP) is 2.94. The number of likely N-dealkylation sites (tertiary alicyclic amines) is 1.